The number of hydrogen-bond acceptors (Lipinski definition) is 3. The Bertz CT molecular complexity index is 632. The van der Waals surface area contributed by atoms with Crippen LogP contribution < -0.4 is 15.8 Å². The van der Waals surface area contributed by atoms with Gasteiger partial charge in [-0.05, 0) is 47.9 Å². The number of ether oxygens (including phenoxy) is 1. The summed E-state index contributed by atoms with van der Waals surface area (Å²) in [7, 11) is 0. The van der Waals surface area contributed by atoms with Gasteiger partial charge in [0.05, 0.1) is 0 Å². The Labute approximate surface area is 157 Å². The lowest BCUT2D eigenvalue weighted by molar-refractivity contribution is -0.116. The van der Waals surface area contributed by atoms with Crippen molar-refractivity contribution in [1.29, 1.82) is 0 Å². The molecule has 1 atom stereocenters. The molecule has 0 saturated carbocycles. The molecule has 0 radical (unpaired) electrons. The topological polar surface area (TPSA) is 64.3 Å². The van der Waals surface area contributed by atoms with Crippen LogP contribution in [0.2, 0.25) is 0 Å². The lowest BCUT2D eigenvalue weighted by atomic mass is 9.97. The van der Waals surface area contributed by atoms with E-state index in [0.29, 0.717) is 19.6 Å². The summed E-state index contributed by atoms with van der Waals surface area (Å²) in [6, 6.07) is 15.3. The van der Waals surface area contributed by atoms with Crippen molar-refractivity contribution in [1.82, 2.24) is 0 Å². The number of rotatable bonds is 7. The van der Waals surface area contributed by atoms with Crippen LogP contribution in [0.3, 0.4) is 0 Å². The summed E-state index contributed by atoms with van der Waals surface area (Å²) in [6.07, 6.45) is 0.438. The number of nitrogens with two attached hydrogens (primary N) is 1. The van der Waals surface area contributed by atoms with Gasteiger partial charge in [0.15, 0.2) is 0 Å². The summed E-state index contributed by atoms with van der Waals surface area (Å²) in [4.78, 5) is 12.2. The van der Waals surface area contributed by atoms with Crippen LogP contribution in [0.15, 0.2) is 53.0 Å². The van der Waals surface area contributed by atoms with Gasteiger partial charge in [0, 0.05) is 23.1 Å². The molecular formula is C18H22BrClN2O2. The first-order valence-electron chi connectivity index (χ1n) is 7.56. The van der Waals surface area contributed by atoms with E-state index in [0.717, 1.165) is 21.5 Å². The predicted molar refractivity (Wildman–Crippen MR) is 104 cm³/mol. The molecule has 0 heterocycles. The molecule has 24 heavy (non-hydrogen) atoms. The van der Waals surface area contributed by atoms with E-state index in [2.05, 4.69) is 21.2 Å². The van der Waals surface area contributed by atoms with Crippen molar-refractivity contribution in [3.63, 3.8) is 0 Å². The molecule has 4 nitrogen and oxygen atoms in total. The molecule has 0 aliphatic rings. The zero-order chi connectivity index (χ0) is 16.7. The third-order valence-electron chi connectivity index (χ3n) is 3.46. The number of carbonyl (C=O) groups excluding carboxylic acids is 1. The van der Waals surface area contributed by atoms with E-state index >= 15 is 0 Å². The molecule has 3 N–H and O–H groups in total. The van der Waals surface area contributed by atoms with Crippen LogP contribution in [0.1, 0.15) is 24.8 Å². The molecule has 1 amide bonds. The van der Waals surface area contributed by atoms with Crippen molar-refractivity contribution >= 4 is 39.9 Å². The molecule has 2 rings (SSSR count). The summed E-state index contributed by atoms with van der Waals surface area (Å²) in [5, 5.41) is 2.91. The Balaban J connectivity index is 0.00000288. The van der Waals surface area contributed by atoms with E-state index in [9.17, 15) is 4.79 Å². The van der Waals surface area contributed by atoms with Gasteiger partial charge in [0.25, 0.3) is 0 Å². The predicted octanol–water partition coefficient (Wildman–Crippen LogP) is 4.34. The number of amides is 1. The largest absolute Gasteiger partial charge is 0.492 e. The fraction of sp³-hybridized carbons (Fsp3) is 0.278. The van der Waals surface area contributed by atoms with E-state index in [1.807, 2.05) is 55.5 Å². The molecule has 0 aliphatic heterocycles. The first-order chi connectivity index (χ1) is 11.1. The van der Waals surface area contributed by atoms with E-state index < -0.39 is 0 Å². The Morgan fingerprint density at radius 1 is 1.17 bits per heavy atom. The number of nitrogens with one attached hydrogen (secondary N) is 1. The zero-order valence-electron chi connectivity index (χ0n) is 13.5. The molecule has 0 aliphatic carbocycles. The first-order valence-corrected chi connectivity index (χ1v) is 8.36. The molecule has 0 spiro atoms. The normalized spacial score (nSPS) is 11.3. The van der Waals surface area contributed by atoms with Crippen molar-refractivity contribution in [3.8, 4) is 5.75 Å². The molecule has 0 saturated heterocycles. The molecule has 0 bridgehead atoms. The van der Waals surface area contributed by atoms with Crippen LogP contribution in [0, 0.1) is 0 Å². The van der Waals surface area contributed by atoms with Gasteiger partial charge >= 0.3 is 0 Å². The van der Waals surface area contributed by atoms with Crippen molar-refractivity contribution in [2.45, 2.75) is 19.3 Å². The van der Waals surface area contributed by atoms with Gasteiger partial charge in [-0.2, -0.15) is 0 Å². The van der Waals surface area contributed by atoms with Gasteiger partial charge in [-0.15, -0.1) is 12.4 Å². The van der Waals surface area contributed by atoms with Gasteiger partial charge < -0.3 is 15.8 Å². The standard InChI is InChI=1S/C18H21BrN2O2.ClH/c1-13(14-2-4-15(19)5-3-14)12-18(22)21-16-6-8-17(9-7-16)23-11-10-20;/h2-9,13H,10-12,20H2,1H3,(H,21,22);1H. The molecular weight excluding hydrogens is 392 g/mol. The maximum Gasteiger partial charge on any atom is 0.224 e. The molecule has 2 aromatic rings. The van der Waals surface area contributed by atoms with Crippen molar-refractivity contribution in [2.24, 2.45) is 5.73 Å². The quantitative estimate of drug-likeness (QED) is 0.709. The lowest BCUT2D eigenvalue weighted by Crippen LogP contribution is -2.14. The number of anilines is 1. The maximum atomic E-state index is 12.2. The van der Waals surface area contributed by atoms with E-state index in [4.69, 9.17) is 10.5 Å². The molecule has 0 fully saturated rings. The smallest absolute Gasteiger partial charge is 0.224 e. The number of halogens is 2. The fourth-order valence-corrected chi connectivity index (χ4v) is 2.47. The second-order valence-electron chi connectivity index (χ2n) is 5.37. The van der Waals surface area contributed by atoms with Gasteiger partial charge in [0.2, 0.25) is 5.91 Å². The van der Waals surface area contributed by atoms with Crippen LogP contribution in [-0.2, 0) is 4.79 Å². The second-order valence-corrected chi connectivity index (χ2v) is 6.28. The van der Waals surface area contributed by atoms with E-state index in [1.165, 1.54) is 0 Å². The average Bonchev–Trinajstić information content (AvgIpc) is 2.54. The van der Waals surface area contributed by atoms with Crippen LogP contribution in [0.4, 0.5) is 5.69 Å². The minimum Gasteiger partial charge on any atom is -0.492 e. The lowest BCUT2D eigenvalue weighted by Gasteiger charge is -2.12. The third kappa shape index (κ3) is 6.51. The molecule has 6 heteroatoms. The second kappa shape index (κ2) is 10.3. The number of hydrogen-bond donors (Lipinski definition) is 2. The summed E-state index contributed by atoms with van der Waals surface area (Å²) >= 11 is 3.41. The first kappa shape index (κ1) is 20.5. The van der Waals surface area contributed by atoms with E-state index in [1.54, 1.807) is 0 Å². The Morgan fingerprint density at radius 3 is 2.38 bits per heavy atom. The van der Waals surface area contributed by atoms with Gasteiger partial charge in [-0.25, -0.2) is 0 Å². The molecule has 0 aromatic heterocycles. The summed E-state index contributed by atoms with van der Waals surface area (Å²) < 4.78 is 6.44. The number of carbonyl (C=O) groups is 1. The number of benzene rings is 2. The molecule has 2 aromatic carbocycles. The Kier molecular flexibility index (Phi) is 8.82. The summed E-state index contributed by atoms with van der Waals surface area (Å²) in [5.41, 5.74) is 7.30. The van der Waals surface area contributed by atoms with Crippen molar-refractivity contribution in [2.75, 3.05) is 18.5 Å². The highest BCUT2D eigenvalue weighted by Crippen LogP contribution is 2.22. The fourth-order valence-electron chi connectivity index (χ4n) is 2.21. The Morgan fingerprint density at radius 2 is 1.79 bits per heavy atom. The van der Waals surface area contributed by atoms with E-state index in [-0.39, 0.29) is 24.2 Å². The minimum absolute atomic E-state index is 0. The van der Waals surface area contributed by atoms with Crippen LogP contribution in [0.25, 0.3) is 0 Å². The SMILES string of the molecule is CC(CC(=O)Nc1ccc(OCCN)cc1)c1ccc(Br)cc1.Cl. The zero-order valence-corrected chi connectivity index (χ0v) is 15.9. The highest BCUT2D eigenvalue weighted by molar-refractivity contribution is 9.10. The monoisotopic (exact) mass is 412 g/mol. The molecule has 1 unspecified atom stereocenters. The minimum atomic E-state index is -0.00366. The maximum absolute atomic E-state index is 12.2. The van der Waals surface area contributed by atoms with Crippen LogP contribution >= 0.6 is 28.3 Å². The highest BCUT2D eigenvalue weighted by atomic mass is 79.9. The van der Waals surface area contributed by atoms with Crippen LogP contribution in [-0.4, -0.2) is 19.1 Å². The summed E-state index contributed by atoms with van der Waals surface area (Å²) in [5.74, 6) is 0.906. The van der Waals surface area contributed by atoms with Gasteiger partial charge in [0.1, 0.15) is 12.4 Å². The third-order valence-corrected chi connectivity index (χ3v) is 3.98. The van der Waals surface area contributed by atoms with Gasteiger partial charge in [-0.3, -0.25) is 4.79 Å². The molecule has 130 valence electrons. The average molecular weight is 414 g/mol. The highest BCUT2D eigenvalue weighted by Gasteiger charge is 2.11. The van der Waals surface area contributed by atoms with Gasteiger partial charge in [-0.1, -0.05) is 35.0 Å². The Hall–Kier alpha value is -1.56. The van der Waals surface area contributed by atoms with Crippen LogP contribution in [0.5, 0.6) is 5.75 Å². The summed E-state index contributed by atoms with van der Waals surface area (Å²) in [6.45, 7) is 3.01. The van der Waals surface area contributed by atoms with Crippen molar-refractivity contribution < 1.29 is 9.53 Å². The van der Waals surface area contributed by atoms with Crippen molar-refractivity contribution in [3.05, 3.63) is 58.6 Å².